The quantitative estimate of drug-likeness (QED) is 0.657. The van der Waals surface area contributed by atoms with Gasteiger partial charge in [0.1, 0.15) is 11.9 Å². The number of carbonyl (C=O) groups excluding carboxylic acids is 1. The molecule has 0 spiro atoms. The number of carbonyl (C=O) groups is 2. The van der Waals surface area contributed by atoms with Crippen LogP contribution in [0.2, 0.25) is 0 Å². The molecule has 0 heterocycles. The molecule has 1 amide bonds. The molecule has 0 aliphatic carbocycles. The van der Waals surface area contributed by atoms with Crippen molar-refractivity contribution in [3.05, 3.63) is 0 Å². The number of hydrogen-bond donors (Lipinski definition) is 2. The van der Waals surface area contributed by atoms with E-state index in [1.54, 1.807) is 6.92 Å². The van der Waals surface area contributed by atoms with Crippen LogP contribution in [0.4, 0.5) is 0 Å². The van der Waals surface area contributed by atoms with Gasteiger partial charge in [-0.1, -0.05) is 20.3 Å². The van der Waals surface area contributed by atoms with Crippen molar-refractivity contribution in [2.75, 3.05) is 5.88 Å². The summed E-state index contributed by atoms with van der Waals surface area (Å²) in [6.45, 7) is 3.64. The molecular weight excluding hydrogens is 194 g/mol. The maximum Gasteiger partial charge on any atom is 0.326 e. The fourth-order valence-corrected chi connectivity index (χ4v) is 0.972. The maximum atomic E-state index is 10.8. The minimum atomic E-state index is -1.02. The van der Waals surface area contributed by atoms with Crippen LogP contribution in [-0.2, 0) is 9.59 Å². The van der Waals surface area contributed by atoms with E-state index >= 15 is 0 Å². The molecule has 0 aromatic rings. The number of carboxylic acid groups (broad SMARTS) is 1. The first-order valence-corrected chi connectivity index (χ1v) is 4.64. The topological polar surface area (TPSA) is 66.4 Å². The summed E-state index contributed by atoms with van der Waals surface area (Å²) in [5.41, 5.74) is 0. The standard InChI is InChI=1S/C8H14ClNO3/c1-3-5(2)7(8(12)13)10-6(11)4-9/h5,7H,3-4H2,1-2H3,(H,10,11)(H,12,13)/t5-,7-/m1/s1. The molecule has 0 aromatic carbocycles. The Kier molecular flexibility index (Phi) is 5.46. The summed E-state index contributed by atoms with van der Waals surface area (Å²) < 4.78 is 0. The molecule has 0 aromatic heterocycles. The molecular formula is C8H14ClNO3. The van der Waals surface area contributed by atoms with E-state index in [0.29, 0.717) is 6.42 Å². The molecule has 0 bridgehead atoms. The highest BCUT2D eigenvalue weighted by atomic mass is 35.5. The average molecular weight is 208 g/mol. The Labute approximate surface area is 82.3 Å². The number of halogens is 1. The minimum Gasteiger partial charge on any atom is -0.480 e. The Morgan fingerprint density at radius 1 is 1.54 bits per heavy atom. The highest BCUT2D eigenvalue weighted by Crippen LogP contribution is 2.07. The van der Waals surface area contributed by atoms with Gasteiger partial charge in [-0.05, 0) is 5.92 Å². The van der Waals surface area contributed by atoms with E-state index in [1.165, 1.54) is 0 Å². The average Bonchev–Trinajstić information content (AvgIpc) is 2.11. The van der Waals surface area contributed by atoms with E-state index < -0.39 is 17.9 Å². The summed E-state index contributed by atoms with van der Waals surface area (Å²) in [6.07, 6.45) is 0.694. The van der Waals surface area contributed by atoms with Gasteiger partial charge in [0.05, 0.1) is 0 Å². The van der Waals surface area contributed by atoms with Crippen molar-refractivity contribution in [1.82, 2.24) is 5.32 Å². The van der Waals surface area contributed by atoms with E-state index in [2.05, 4.69) is 5.32 Å². The third kappa shape index (κ3) is 4.12. The van der Waals surface area contributed by atoms with Gasteiger partial charge >= 0.3 is 5.97 Å². The second kappa shape index (κ2) is 5.80. The van der Waals surface area contributed by atoms with Crippen molar-refractivity contribution >= 4 is 23.5 Å². The molecule has 0 aliphatic heterocycles. The zero-order chi connectivity index (χ0) is 10.4. The zero-order valence-electron chi connectivity index (χ0n) is 7.71. The van der Waals surface area contributed by atoms with Crippen molar-refractivity contribution in [3.8, 4) is 0 Å². The van der Waals surface area contributed by atoms with E-state index in [-0.39, 0.29) is 11.8 Å². The number of hydrogen-bond acceptors (Lipinski definition) is 2. The lowest BCUT2D eigenvalue weighted by molar-refractivity contribution is -0.143. The van der Waals surface area contributed by atoms with Crippen LogP contribution in [0.1, 0.15) is 20.3 Å². The second-order valence-corrected chi connectivity index (χ2v) is 3.17. The van der Waals surface area contributed by atoms with Crippen molar-refractivity contribution in [2.24, 2.45) is 5.92 Å². The normalized spacial score (nSPS) is 14.7. The molecule has 0 saturated heterocycles. The molecule has 0 fully saturated rings. The Morgan fingerprint density at radius 2 is 2.08 bits per heavy atom. The van der Waals surface area contributed by atoms with Crippen LogP contribution in [0.25, 0.3) is 0 Å². The monoisotopic (exact) mass is 207 g/mol. The van der Waals surface area contributed by atoms with Crippen molar-refractivity contribution < 1.29 is 14.7 Å². The van der Waals surface area contributed by atoms with Gasteiger partial charge in [-0.15, -0.1) is 11.6 Å². The van der Waals surface area contributed by atoms with Crippen molar-refractivity contribution in [2.45, 2.75) is 26.3 Å². The lowest BCUT2D eigenvalue weighted by Gasteiger charge is -2.19. The predicted octanol–water partition coefficient (Wildman–Crippen LogP) is 0.841. The third-order valence-corrected chi connectivity index (χ3v) is 2.16. The largest absolute Gasteiger partial charge is 0.480 e. The number of amides is 1. The molecule has 0 rings (SSSR count). The molecule has 4 nitrogen and oxygen atoms in total. The number of aliphatic carboxylic acids is 1. The number of nitrogens with one attached hydrogen (secondary N) is 1. The van der Waals surface area contributed by atoms with Crippen LogP contribution in [0.3, 0.4) is 0 Å². The van der Waals surface area contributed by atoms with Crippen molar-refractivity contribution in [3.63, 3.8) is 0 Å². The summed E-state index contributed by atoms with van der Waals surface area (Å²) in [5.74, 6) is -1.77. The van der Waals surface area contributed by atoms with Gasteiger partial charge in [0.15, 0.2) is 0 Å². The molecule has 13 heavy (non-hydrogen) atoms. The Balaban J connectivity index is 4.26. The number of alkyl halides is 1. The molecule has 5 heteroatoms. The fourth-order valence-electron chi connectivity index (χ4n) is 0.895. The lowest BCUT2D eigenvalue weighted by Crippen LogP contribution is -2.45. The van der Waals surface area contributed by atoms with Gasteiger partial charge in [-0.3, -0.25) is 4.79 Å². The van der Waals surface area contributed by atoms with E-state index in [1.807, 2.05) is 6.92 Å². The van der Waals surface area contributed by atoms with Gasteiger partial charge in [0.2, 0.25) is 5.91 Å². The van der Waals surface area contributed by atoms with Gasteiger partial charge in [-0.25, -0.2) is 4.79 Å². The summed E-state index contributed by atoms with van der Waals surface area (Å²) in [5, 5.41) is 11.1. The van der Waals surface area contributed by atoms with Crippen LogP contribution in [0.15, 0.2) is 0 Å². The fraction of sp³-hybridized carbons (Fsp3) is 0.750. The van der Waals surface area contributed by atoms with Crippen LogP contribution in [0.5, 0.6) is 0 Å². The Hall–Kier alpha value is -0.770. The van der Waals surface area contributed by atoms with Crippen LogP contribution in [-0.4, -0.2) is 28.9 Å². The van der Waals surface area contributed by atoms with E-state index in [4.69, 9.17) is 16.7 Å². The highest BCUT2D eigenvalue weighted by molar-refractivity contribution is 6.27. The highest BCUT2D eigenvalue weighted by Gasteiger charge is 2.24. The van der Waals surface area contributed by atoms with Gasteiger partial charge in [0, 0.05) is 0 Å². The summed E-state index contributed by atoms with van der Waals surface area (Å²) in [7, 11) is 0. The maximum absolute atomic E-state index is 10.8. The Bertz CT molecular complexity index is 196. The predicted molar refractivity (Wildman–Crippen MR) is 49.7 cm³/mol. The molecule has 2 atom stereocenters. The zero-order valence-corrected chi connectivity index (χ0v) is 8.47. The molecule has 0 unspecified atom stereocenters. The SMILES string of the molecule is CC[C@@H](C)[C@@H](NC(=O)CCl)C(=O)O. The third-order valence-electron chi connectivity index (χ3n) is 1.92. The number of carboxylic acids is 1. The molecule has 0 saturated carbocycles. The molecule has 0 aliphatic rings. The second-order valence-electron chi connectivity index (χ2n) is 2.90. The summed E-state index contributed by atoms with van der Waals surface area (Å²) >= 11 is 5.24. The van der Waals surface area contributed by atoms with Crippen molar-refractivity contribution in [1.29, 1.82) is 0 Å². The van der Waals surface area contributed by atoms with Crippen LogP contribution < -0.4 is 5.32 Å². The first kappa shape index (κ1) is 12.2. The Morgan fingerprint density at radius 3 is 2.38 bits per heavy atom. The lowest BCUT2D eigenvalue weighted by atomic mass is 9.99. The van der Waals surface area contributed by atoms with E-state index in [0.717, 1.165) is 0 Å². The molecule has 76 valence electrons. The van der Waals surface area contributed by atoms with E-state index in [9.17, 15) is 9.59 Å². The van der Waals surface area contributed by atoms with Gasteiger partial charge < -0.3 is 10.4 Å². The van der Waals surface area contributed by atoms with Crippen LogP contribution >= 0.6 is 11.6 Å². The minimum absolute atomic E-state index is 0.0929. The molecule has 0 radical (unpaired) electrons. The first-order chi connectivity index (χ1) is 6.02. The summed E-state index contributed by atoms with van der Waals surface area (Å²) in [4.78, 5) is 21.5. The summed E-state index contributed by atoms with van der Waals surface area (Å²) in [6, 6.07) is -0.837. The number of rotatable bonds is 5. The molecule has 2 N–H and O–H groups in total. The van der Waals surface area contributed by atoms with Gasteiger partial charge in [0.25, 0.3) is 0 Å². The van der Waals surface area contributed by atoms with Gasteiger partial charge in [-0.2, -0.15) is 0 Å². The smallest absolute Gasteiger partial charge is 0.326 e. The first-order valence-electron chi connectivity index (χ1n) is 4.11. The van der Waals surface area contributed by atoms with Crippen LogP contribution in [0, 0.1) is 5.92 Å².